The summed E-state index contributed by atoms with van der Waals surface area (Å²) in [6.07, 6.45) is 1.72. The van der Waals surface area contributed by atoms with Crippen LogP contribution >= 0.6 is 22.7 Å². The zero-order chi connectivity index (χ0) is 19.8. The number of hydrogen-bond donors (Lipinski definition) is 3. The number of aromatic nitrogens is 2. The molecule has 0 spiro atoms. The second-order valence-electron chi connectivity index (χ2n) is 5.54. The molecule has 3 N–H and O–H groups in total. The zero-order valence-electron chi connectivity index (χ0n) is 14.6. The molecule has 0 atom stereocenters. The number of nitriles is 1. The van der Waals surface area contributed by atoms with Crippen molar-refractivity contribution in [2.45, 2.75) is 6.42 Å². The van der Waals surface area contributed by atoms with Crippen molar-refractivity contribution in [3.63, 3.8) is 0 Å². The van der Waals surface area contributed by atoms with E-state index in [0.717, 1.165) is 0 Å². The van der Waals surface area contributed by atoms with E-state index in [-0.39, 0.29) is 18.2 Å². The van der Waals surface area contributed by atoms with Gasteiger partial charge in [0.1, 0.15) is 11.9 Å². The van der Waals surface area contributed by atoms with Gasteiger partial charge in [-0.25, -0.2) is 9.97 Å². The van der Waals surface area contributed by atoms with Crippen LogP contribution in [0.1, 0.15) is 20.9 Å². The van der Waals surface area contributed by atoms with Gasteiger partial charge < -0.3 is 10.6 Å². The van der Waals surface area contributed by atoms with Gasteiger partial charge in [-0.3, -0.25) is 14.9 Å². The monoisotopic (exact) mass is 412 g/mol. The van der Waals surface area contributed by atoms with E-state index >= 15 is 0 Å². The Balaban J connectivity index is 1.41. The van der Waals surface area contributed by atoms with E-state index in [2.05, 4.69) is 32.0 Å². The molecule has 0 fully saturated rings. The fourth-order valence-corrected chi connectivity index (χ4v) is 3.58. The van der Waals surface area contributed by atoms with Gasteiger partial charge in [0.25, 0.3) is 5.91 Å². The maximum Gasteiger partial charge on any atom is 0.267 e. The minimum Gasteiger partial charge on any atom is -0.367 e. The highest BCUT2D eigenvalue weighted by Crippen LogP contribution is 2.18. The van der Waals surface area contributed by atoms with Gasteiger partial charge in [-0.15, -0.1) is 22.7 Å². The summed E-state index contributed by atoms with van der Waals surface area (Å²) in [4.78, 5) is 33.0. The quantitative estimate of drug-likeness (QED) is 0.489. The van der Waals surface area contributed by atoms with Crippen molar-refractivity contribution in [1.29, 1.82) is 5.26 Å². The number of anilines is 2. The van der Waals surface area contributed by atoms with Crippen molar-refractivity contribution in [3.05, 3.63) is 57.4 Å². The largest absolute Gasteiger partial charge is 0.367 e. The van der Waals surface area contributed by atoms with Crippen LogP contribution in [0.2, 0.25) is 0 Å². The molecule has 0 saturated carbocycles. The van der Waals surface area contributed by atoms with Crippen molar-refractivity contribution in [1.82, 2.24) is 15.3 Å². The average Bonchev–Trinajstić information content (AvgIpc) is 3.38. The first kappa shape index (κ1) is 19.5. The van der Waals surface area contributed by atoms with Gasteiger partial charge in [-0.05, 0) is 23.6 Å². The topological polar surface area (TPSA) is 120 Å². The van der Waals surface area contributed by atoms with Crippen molar-refractivity contribution in [3.8, 4) is 6.07 Å². The summed E-state index contributed by atoms with van der Waals surface area (Å²) in [6.45, 7) is 0.822. The van der Waals surface area contributed by atoms with Gasteiger partial charge in [0, 0.05) is 24.7 Å². The van der Waals surface area contributed by atoms with Crippen LogP contribution in [-0.4, -0.2) is 34.9 Å². The predicted octanol–water partition coefficient (Wildman–Crippen LogP) is 2.49. The van der Waals surface area contributed by atoms with Gasteiger partial charge in [-0.2, -0.15) is 5.26 Å². The molecule has 8 nitrogen and oxygen atoms in total. The maximum atomic E-state index is 12.0. The average molecular weight is 413 g/mol. The maximum absolute atomic E-state index is 12.0. The summed E-state index contributed by atoms with van der Waals surface area (Å²) in [7, 11) is 0. The van der Waals surface area contributed by atoms with Crippen LogP contribution < -0.4 is 16.0 Å². The minimum atomic E-state index is -0.210. The van der Waals surface area contributed by atoms with E-state index < -0.39 is 0 Å². The molecule has 0 radical (unpaired) electrons. The molecule has 0 aliphatic heterocycles. The van der Waals surface area contributed by atoms with Crippen LogP contribution in [0.3, 0.4) is 0 Å². The number of pyridine rings is 1. The Kier molecular flexibility index (Phi) is 6.67. The number of hydrogen-bond acceptors (Lipinski definition) is 8. The van der Waals surface area contributed by atoms with Crippen LogP contribution in [-0.2, 0) is 11.2 Å². The molecule has 2 amide bonds. The van der Waals surface area contributed by atoms with Crippen molar-refractivity contribution in [2.75, 3.05) is 23.7 Å². The fourth-order valence-electron chi connectivity index (χ4n) is 2.26. The minimum absolute atomic E-state index is 0.123. The van der Waals surface area contributed by atoms with E-state index in [9.17, 15) is 9.59 Å². The number of thiazole rings is 1. The summed E-state index contributed by atoms with van der Waals surface area (Å²) in [5, 5.41) is 21.6. The van der Waals surface area contributed by atoms with Crippen molar-refractivity contribution in [2.24, 2.45) is 0 Å². The lowest BCUT2D eigenvalue weighted by Crippen LogP contribution is -2.30. The first-order chi connectivity index (χ1) is 13.7. The molecule has 3 aromatic heterocycles. The normalized spacial score (nSPS) is 10.1. The molecular formula is C18H16N6O2S2. The Morgan fingerprint density at radius 1 is 1.18 bits per heavy atom. The first-order valence-electron chi connectivity index (χ1n) is 8.30. The lowest BCUT2D eigenvalue weighted by Gasteiger charge is -2.07. The highest BCUT2D eigenvalue weighted by atomic mass is 32.1. The highest BCUT2D eigenvalue weighted by Gasteiger charge is 2.11. The molecule has 3 heterocycles. The molecule has 0 bridgehead atoms. The first-order valence-corrected chi connectivity index (χ1v) is 10.1. The Labute approximate surface area is 169 Å². The summed E-state index contributed by atoms with van der Waals surface area (Å²) in [5.74, 6) is 0.104. The van der Waals surface area contributed by atoms with E-state index in [1.54, 1.807) is 35.8 Å². The van der Waals surface area contributed by atoms with E-state index in [0.29, 0.717) is 40.2 Å². The number of thiophene rings is 1. The molecule has 10 heteroatoms. The van der Waals surface area contributed by atoms with E-state index in [1.807, 2.05) is 5.38 Å². The van der Waals surface area contributed by atoms with Gasteiger partial charge >= 0.3 is 0 Å². The second-order valence-corrected chi connectivity index (χ2v) is 7.35. The van der Waals surface area contributed by atoms with Gasteiger partial charge in [0.05, 0.1) is 22.6 Å². The summed E-state index contributed by atoms with van der Waals surface area (Å²) >= 11 is 2.63. The lowest BCUT2D eigenvalue weighted by molar-refractivity contribution is -0.120. The number of rotatable bonds is 8. The van der Waals surface area contributed by atoms with Gasteiger partial charge in [0.2, 0.25) is 5.91 Å². The molecular weight excluding hydrogens is 396 g/mol. The Morgan fingerprint density at radius 2 is 2.07 bits per heavy atom. The highest BCUT2D eigenvalue weighted by molar-refractivity contribution is 7.14. The number of nitrogens with one attached hydrogen (secondary N) is 3. The second kappa shape index (κ2) is 9.59. The molecule has 3 rings (SSSR count). The molecule has 3 aromatic rings. The lowest BCUT2D eigenvalue weighted by atomic mass is 10.3. The van der Waals surface area contributed by atoms with Crippen molar-refractivity contribution >= 4 is 45.4 Å². The molecule has 0 saturated heterocycles. The summed E-state index contributed by atoms with van der Waals surface area (Å²) < 4.78 is 0. The number of carbonyl (C=O) groups excluding carboxylic acids is 2. The third-order valence-electron chi connectivity index (χ3n) is 3.53. The molecule has 0 aliphatic carbocycles. The number of nitrogens with zero attached hydrogens (tertiary/aromatic N) is 3. The van der Waals surface area contributed by atoms with Crippen LogP contribution in [0.25, 0.3) is 0 Å². The molecule has 28 heavy (non-hydrogen) atoms. The summed E-state index contributed by atoms with van der Waals surface area (Å²) in [6, 6.07) is 8.96. The molecule has 0 unspecified atom stereocenters. The van der Waals surface area contributed by atoms with Crippen LogP contribution in [0.4, 0.5) is 10.9 Å². The van der Waals surface area contributed by atoms with Crippen molar-refractivity contribution < 1.29 is 9.59 Å². The smallest absolute Gasteiger partial charge is 0.267 e. The third kappa shape index (κ3) is 5.35. The third-order valence-corrected chi connectivity index (χ3v) is 5.20. The SMILES string of the molecule is N#Cc1cccnc1NCCNC(=O)Cc1csc(NC(=O)c2cccs2)n1. The van der Waals surface area contributed by atoms with Crippen LogP contribution in [0.15, 0.2) is 41.2 Å². The van der Waals surface area contributed by atoms with Gasteiger partial charge in [0.15, 0.2) is 5.13 Å². The van der Waals surface area contributed by atoms with Gasteiger partial charge in [-0.1, -0.05) is 6.07 Å². The molecule has 0 aliphatic rings. The standard InChI is InChI=1S/C18H16N6O2S2/c19-10-12-3-1-5-21-16(12)22-7-6-20-15(25)9-13-11-28-18(23-13)24-17(26)14-4-2-8-27-14/h1-5,8,11H,6-7,9H2,(H,20,25)(H,21,22)(H,23,24,26). The van der Waals surface area contributed by atoms with Crippen LogP contribution in [0, 0.1) is 11.3 Å². The van der Waals surface area contributed by atoms with E-state index in [4.69, 9.17) is 5.26 Å². The Morgan fingerprint density at radius 3 is 2.86 bits per heavy atom. The zero-order valence-corrected chi connectivity index (χ0v) is 16.3. The molecule has 0 aromatic carbocycles. The Hall–Kier alpha value is -3.29. The predicted molar refractivity (Wildman–Crippen MR) is 109 cm³/mol. The fraction of sp³-hybridized carbons (Fsp3) is 0.167. The summed E-state index contributed by atoms with van der Waals surface area (Å²) in [5.41, 5.74) is 1.04. The Bertz CT molecular complexity index is 994. The number of amides is 2. The van der Waals surface area contributed by atoms with E-state index in [1.165, 1.54) is 22.7 Å². The van der Waals surface area contributed by atoms with Crippen LogP contribution in [0.5, 0.6) is 0 Å². The molecule has 142 valence electrons. The number of carbonyl (C=O) groups is 2.